The standard InChI is InChI=1S/C10H7F3N2O6S/c11-10(12,13)5-21-9(16)4-22-8-2-1-6(14(17)18)3-7(8)15(19)20/h1-3H,4-5H2. The van der Waals surface area contributed by atoms with E-state index in [4.69, 9.17) is 0 Å². The molecular formula is C10H7F3N2O6S. The predicted molar refractivity (Wildman–Crippen MR) is 67.5 cm³/mol. The van der Waals surface area contributed by atoms with E-state index in [9.17, 15) is 38.2 Å². The van der Waals surface area contributed by atoms with Crippen molar-refractivity contribution in [3.05, 3.63) is 38.4 Å². The average molecular weight is 340 g/mol. The van der Waals surface area contributed by atoms with Crippen LogP contribution in [0.2, 0.25) is 0 Å². The lowest BCUT2D eigenvalue weighted by Crippen LogP contribution is -2.21. The van der Waals surface area contributed by atoms with Crippen LogP contribution in [0.4, 0.5) is 24.5 Å². The maximum absolute atomic E-state index is 11.8. The van der Waals surface area contributed by atoms with Crippen molar-refractivity contribution in [1.29, 1.82) is 0 Å². The first-order chi connectivity index (χ1) is 10.1. The number of thioether (sulfide) groups is 1. The van der Waals surface area contributed by atoms with Crippen LogP contribution in [0.5, 0.6) is 0 Å². The largest absolute Gasteiger partial charge is 0.455 e. The Morgan fingerprint density at radius 3 is 2.36 bits per heavy atom. The average Bonchev–Trinajstić information content (AvgIpc) is 2.41. The monoisotopic (exact) mass is 340 g/mol. The SMILES string of the molecule is O=C(CSc1ccc([N+](=O)[O-])cc1[N+](=O)[O-])OCC(F)(F)F. The van der Waals surface area contributed by atoms with E-state index in [1.165, 1.54) is 0 Å². The Labute approximate surface area is 124 Å². The van der Waals surface area contributed by atoms with Gasteiger partial charge in [0.05, 0.1) is 26.6 Å². The molecule has 0 aliphatic carbocycles. The van der Waals surface area contributed by atoms with Crippen molar-refractivity contribution < 1.29 is 32.5 Å². The maximum Gasteiger partial charge on any atom is 0.422 e. The summed E-state index contributed by atoms with van der Waals surface area (Å²) in [5.41, 5.74) is -1.14. The first kappa shape index (κ1) is 17.7. The molecule has 0 saturated carbocycles. The molecule has 0 N–H and O–H groups in total. The number of benzene rings is 1. The third-order valence-electron chi connectivity index (χ3n) is 2.09. The minimum atomic E-state index is -4.67. The highest BCUT2D eigenvalue weighted by Gasteiger charge is 2.29. The van der Waals surface area contributed by atoms with E-state index >= 15 is 0 Å². The number of esters is 1. The highest BCUT2D eigenvalue weighted by Crippen LogP contribution is 2.32. The molecule has 0 saturated heterocycles. The number of alkyl halides is 3. The number of nitro benzene ring substituents is 2. The van der Waals surface area contributed by atoms with Crippen LogP contribution >= 0.6 is 11.8 Å². The van der Waals surface area contributed by atoms with Gasteiger partial charge in [-0.15, -0.1) is 11.8 Å². The summed E-state index contributed by atoms with van der Waals surface area (Å²) in [4.78, 5) is 30.6. The quantitative estimate of drug-likeness (QED) is 0.338. The van der Waals surface area contributed by atoms with E-state index < -0.39 is 45.7 Å². The first-order valence-electron chi connectivity index (χ1n) is 5.38. The molecule has 0 aromatic heterocycles. The smallest absolute Gasteiger partial charge is 0.422 e. The number of hydrogen-bond donors (Lipinski definition) is 0. The number of carbonyl (C=O) groups excluding carboxylic acids is 1. The van der Waals surface area contributed by atoms with E-state index in [1.54, 1.807) is 0 Å². The van der Waals surface area contributed by atoms with Crippen LogP contribution in [0.3, 0.4) is 0 Å². The lowest BCUT2D eigenvalue weighted by Gasteiger charge is -2.07. The van der Waals surface area contributed by atoms with Crippen LogP contribution in [0.25, 0.3) is 0 Å². The lowest BCUT2D eigenvalue weighted by molar-refractivity contribution is -0.396. The predicted octanol–water partition coefficient (Wildman–Crippen LogP) is 2.70. The molecular weight excluding hydrogens is 333 g/mol. The topological polar surface area (TPSA) is 113 Å². The number of carbonyl (C=O) groups is 1. The van der Waals surface area contributed by atoms with Crippen LogP contribution in [0.1, 0.15) is 0 Å². The van der Waals surface area contributed by atoms with Crippen molar-refractivity contribution in [2.75, 3.05) is 12.4 Å². The zero-order chi connectivity index (χ0) is 16.9. The molecule has 0 atom stereocenters. The Morgan fingerprint density at radius 2 is 1.86 bits per heavy atom. The van der Waals surface area contributed by atoms with E-state index in [1.807, 2.05) is 0 Å². The van der Waals surface area contributed by atoms with Crippen molar-refractivity contribution in [3.63, 3.8) is 0 Å². The van der Waals surface area contributed by atoms with Gasteiger partial charge in [-0.3, -0.25) is 25.0 Å². The minimum Gasteiger partial charge on any atom is -0.455 e. The van der Waals surface area contributed by atoms with Gasteiger partial charge in [0, 0.05) is 6.07 Å². The van der Waals surface area contributed by atoms with E-state index in [0.29, 0.717) is 17.8 Å². The number of hydrogen-bond acceptors (Lipinski definition) is 7. The molecule has 0 radical (unpaired) electrons. The Bertz CT molecular complexity index is 607. The van der Waals surface area contributed by atoms with E-state index in [2.05, 4.69) is 4.74 Å². The van der Waals surface area contributed by atoms with Crippen LogP contribution in [0.15, 0.2) is 23.1 Å². The molecule has 8 nitrogen and oxygen atoms in total. The fourth-order valence-corrected chi connectivity index (χ4v) is 2.03. The second-order valence-corrected chi connectivity index (χ2v) is 4.75. The van der Waals surface area contributed by atoms with Gasteiger partial charge < -0.3 is 4.74 Å². The Balaban J connectivity index is 2.75. The number of nitrogens with zero attached hydrogens (tertiary/aromatic N) is 2. The summed E-state index contributed by atoms with van der Waals surface area (Å²) in [7, 11) is 0. The van der Waals surface area contributed by atoms with Gasteiger partial charge in [0.2, 0.25) is 0 Å². The lowest BCUT2D eigenvalue weighted by atomic mass is 10.3. The second-order valence-electron chi connectivity index (χ2n) is 3.73. The van der Waals surface area contributed by atoms with Gasteiger partial charge in [-0.05, 0) is 6.07 Å². The third-order valence-corrected chi connectivity index (χ3v) is 3.13. The van der Waals surface area contributed by atoms with Crippen LogP contribution in [-0.4, -0.2) is 34.4 Å². The Kier molecular flexibility index (Phi) is 5.68. The molecule has 0 aliphatic heterocycles. The summed E-state index contributed by atoms with van der Waals surface area (Å²) in [5.74, 6) is -1.82. The van der Waals surface area contributed by atoms with Crippen molar-refractivity contribution >= 4 is 29.1 Å². The summed E-state index contributed by atoms with van der Waals surface area (Å²) in [6.07, 6.45) is -4.67. The van der Waals surface area contributed by atoms with Crippen LogP contribution in [0, 0.1) is 20.2 Å². The minimum absolute atomic E-state index is 0.0976. The number of ether oxygens (including phenoxy) is 1. The molecule has 1 rings (SSSR count). The van der Waals surface area contributed by atoms with Crippen molar-refractivity contribution in [2.24, 2.45) is 0 Å². The molecule has 0 fully saturated rings. The fraction of sp³-hybridized carbons (Fsp3) is 0.300. The molecule has 0 bridgehead atoms. The van der Waals surface area contributed by atoms with Crippen molar-refractivity contribution in [3.8, 4) is 0 Å². The normalized spacial score (nSPS) is 11.0. The highest BCUT2D eigenvalue weighted by molar-refractivity contribution is 8.00. The molecule has 22 heavy (non-hydrogen) atoms. The summed E-state index contributed by atoms with van der Waals surface area (Å²) >= 11 is 0.548. The van der Waals surface area contributed by atoms with Crippen molar-refractivity contribution in [1.82, 2.24) is 0 Å². The zero-order valence-corrected chi connectivity index (χ0v) is 11.3. The van der Waals surface area contributed by atoms with Gasteiger partial charge in [-0.2, -0.15) is 13.2 Å². The number of non-ortho nitro benzene ring substituents is 1. The summed E-state index contributed by atoms with van der Waals surface area (Å²) < 4.78 is 39.4. The van der Waals surface area contributed by atoms with Crippen molar-refractivity contribution in [2.45, 2.75) is 11.1 Å². The van der Waals surface area contributed by atoms with Crippen LogP contribution in [-0.2, 0) is 9.53 Å². The molecule has 0 aliphatic rings. The van der Waals surface area contributed by atoms with Gasteiger partial charge in [0.1, 0.15) is 0 Å². The van der Waals surface area contributed by atoms with Gasteiger partial charge in [0.15, 0.2) is 6.61 Å². The third kappa shape index (κ3) is 5.55. The highest BCUT2D eigenvalue weighted by atomic mass is 32.2. The van der Waals surface area contributed by atoms with E-state index in [-0.39, 0.29) is 4.90 Å². The summed E-state index contributed by atoms with van der Waals surface area (Å²) in [5, 5.41) is 21.3. The molecule has 0 unspecified atom stereocenters. The van der Waals surface area contributed by atoms with Gasteiger partial charge in [-0.1, -0.05) is 0 Å². The van der Waals surface area contributed by atoms with E-state index in [0.717, 1.165) is 12.1 Å². The zero-order valence-electron chi connectivity index (χ0n) is 10.5. The molecule has 120 valence electrons. The molecule has 1 aromatic carbocycles. The summed E-state index contributed by atoms with van der Waals surface area (Å²) in [6, 6.07) is 2.72. The molecule has 0 spiro atoms. The molecule has 1 aromatic rings. The maximum atomic E-state index is 11.8. The number of rotatable bonds is 6. The number of halogens is 3. The molecule has 0 heterocycles. The number of nitro groups is 2. The van der Waals surface area contributed by atoms with Gasteiger partial charge >= 0.3 is 12.1 Å². The molecule has 0 amide bonds. The Hall–Kier alpha value is -2.37. The first-order valence-corrected chi connectivity index (χ1v) is 6.36. The van der Waals surface area contributed by atoms with Gasteiger partial charge in [0.25, 0.3) is 11.4 Å². The second kappa shape index (κ2) is 7.06. The van der Waals surface area contributed by atoms with Crippen LogP contribution < -0.4 is 0 Å². The molecule has 12 heteroatoms. The summed E-state index contributed by atoms with van der Waals surface area (Å²) in [6.45, 7) is -1.76. The Morgan fingerprint density at radius 1 is 1.23 bits per heavy atom. The fourth-order valence-electron chi connectivity index (χ4n) is 1.22. The van der Waals surface area contributed by atoms with Gasteiger partial charge in [-0.25, -0.2) is 0 Å².